The van der Waals surface area contributed by atoms with Crippen molar-refractivity contribution in [2.45, 2.75) is 19.9 Å². The Morgan fingerprint density at radius 2 is 2.04 bits per heavy atom. The van der Waals surface area contributed by atoms with Gasteiger partial charge in [0.1, 0.15) is 5.82 Å². The van der Waals surface area contributed by atoms with Crippen LogP contribution in [-0.2, 0) is 13.0 Å². The van der Waals surface area contributed by atoms with Crippen molar-refractivity contribution in [3.63, 3.8) is 0 Å². The van der Waals surface area contributed by atoms with Gasteiger partial charge in [0.2, 0.25) is 0 Å². The van der Waals surface area contributed by atoms with Gasteiger partial charge in [0, 0.05) is 5.56 Å². The van der Waals surface area contributed by atoms with E-state index in [-0.39, 0.29) is 5.82 Å². The number of carbonyl (C=O) groups is 1. The Bertz CT molecular complexity index is 1010. The average molecular weight is 338 g/mol. The van der Waals surface area contributed by atoms with Crippen molar-refractivity contribution in [3.05, 3.63) is 64.2 Å². The number of nitrogens with zero attached hydrogens (tertiary/aromatic N) is 2. The van der Waals surface area contributed by atoms with Gasteiger partial charge in [0.15, 0.2) is 4.80 Å². The van der Waals surface area contributed by atoms with Crippen LogP contribution in [0.4, 0.5) is 4.39 Å². The molecular formula is C19H15FN2OS. The van der Waals surface area contributed by atoms with Gasteiger partial charge in [-0.15, -0.1) is 6.42 Å². The van der Waals surface area contributed by atoms with E-state index in [0.717, 1.165) is 16.6 Å². The average Bonchev–Trinajstić information content (AvgIpc) is 2.92. The van der Waals surface area contributed by atoms with E-state index in [0.29, 0.717) is 16.9 Å². The molecule has 1 heterocycles. The minimum Gasteiger partial charge on any atom is -0.305 e. The lowest BCUT2D eigenvalue weighted by molar-refractivity contribution is 0.0998. The van der Waals surface area contributed by atoms with Gasteiger partial charge in [-0.25, -0.2) is 4.39 Å². The van der Waals surface area contributed by atoms with Crippen LogP contribution in [-0.4, -0.2) is 10.5 Å². The molecule has 24 heavy (non-hydrogen) atoms. The van der Waals surface area contributed by atoms with Gasteiger partial charge in [-0.2, -0.15) is 4.99 Å². The summed E-state index contributed by atoms with van der Waals surface area (Å²) >= 11 is 1.43. The zero-order chi connectivity index (χ0) is 17.1. The molecule has 1 amide bonds. The zero-order valence-corrected chi connectivity index (χ0v) is 13.9. The summed E-state index contributed by atoms with van der Waals surface area (Å²) in [6.07, 6.45) is 6.39. The highest BCUT2D eigenvalue weighted by atomic mass is 32.1. The number of fused-ring (bicyclic) bond motifs is 1. The molecule has 0 unspecified atom stereocenters. The molecule has 0 saturated carbocycles. The summed E-state index contributed by atoms with van der Waals surface area (Å²) < 4.78 is 15.9. The number of aromatic nitrogens is 1. The van der Waals surface area contributed by atoms with Crippen molar-refractivity contribution in [2.24, 2.45) is 4.99 Å². The minimum absolute atomic E-state index is 0.334. The first kappa shape index (κ1) is 16.2. The number of thiazole rings is 1. The molecule has 0 N–H and O–H groups in total. The van der Waals surface area contributed by atoms with Crippen molar-refractivity contribution in [1.82, 2.24) is 4.57 Å². The summed E-state index contributed by atoms with van der Waals surface area (Å²) in [4.78, 5) is 17.1. The fourth-order valence-corrected chi connectivity index (χ4v) is 3.50. The number of rotatable bonds is 3. The molecule has 0 saturated heterocycles. The predicted molar refractivity (Wildman–Crippen MR) is 94.3 cm³/mol. The Labute approximate surface area is 143 Å². The quantitative estimate of drug-likeness (QED) is 0.669. The highest BCUT2D eigenvalue weighted by Gasteiger charge is 2.09. The lowest BCUT2D eigenvalue weighted by Crippen LogP contribution is -2.16. The number of halogens is 1. The standard InChI is InChI=1S/C19H15FN2OS/c1-3-11-22-16-10-5-13(4-2)12-17(16)24-19(22)21-18(23)14-6-8-15(20)9-7-14/h1,5-10,12H,4,11H2,2H3. The van der Waals surface area contributed by atoms with Crippen LogP contribution in [0.5, 0.6) is 0 Å². The molecule has 0 aliphatic carbocycles. The van der Waals surface area contributed by atoms with Crippen molar-refractivity contribution >= 4 is 27.5 Å². The number of carbonyl (C=O) groups excluding carboxylic acids is 1. The van der Waals surface area contributed by atoms with E-state index in [4.69, 9.17) is 6.42 Å². The SMILES string of the molecule is C#CCn1c(=NC(=O)c2ccc(F)cc2)sc2cc(CC)ccc21. The Morgan fingerprint density at radius 1 is 1.29 bits per heavy atom. The van der Waals surface area contributed by atoms with E-state index >= 15 is 0 Å². The van der Waals surface area contributed by atoms with Gasteiger partial charge < -0.3 is 4.57 Å². The third-order valence-corrected chi connectivity index (χ3v) is 4.73. The smallest absolute Gasteiger partial charge is 0.279 e. The highest BCUT2D eigenvalue weighted by Crippen LogP contribution is 2.19. The van der Waals surface area contributed by atoms with Crippen LogP contribution >= 0.6 is 11.3 Å². The second-order valence-corrected chi connectivity index (χ2v) is 6.26. The largest absolute Gasteiger partial charge is 0.305 e. The normalized spacial score (nSPS) is 11.6. The Morgan fingerprint density at radius 3 is 2.71 bits per heavy atom. The van der Waals surface area contributed by atoms with Gasteiger partial charge in [-0.3, -0.25) is 4.79 Å². The van der Waals surface area contributed by atoms with E-state index in [1.807, 2.05) is 16.7 Å². The molecule has 0 atom stereocenters. The lowest BCUT2D eigenvalue weighted by Gasteiger charge is -2.01. The van der Waals surface area contributed by atoms with Crippen LogP contribution in [0.15, 0.2) is 47.5 Å². The fourth-order valence-electron chi connectivity index (χ4n) is 2.41. The number of amides is 1. The summed E-state index contributed by atoms with van der Waals surface area (Å²) in [5, 5.41) is 0. The number of aryl methyl sites for hydroxylation is 1. The van der Waals surface area contributed by atoms with Crippen molar-refractivity contribution in [2.75, 3.05) is 0 Å². The van der Waals surface area contributed by atoms with E-state index < -0.39 is 5.91 Å². The molecule has 120 valence electrons. The summed E-state index contributed by atoms with van der Waals surface area (Å²) in [7, 11) is 0. The Hall–Kier alpha value is -2.71. The van der Waals surface area contributed by atoms with Crippen molar-refractivity contribution in [1.29, 1.82) is 0 Å². The second-order valence-electron chi connectivity index (χ2n) is 5.25. The van der Waals surface area contributed by atoms with Gasteiger partial charge in [0.05, 0.1) is 16.8 Å². The predicted octanol–water partition coefficient (Wildman–Crippen LogP) is 3.78. The third kappa shape index (κ3) is 3.15. The Balaban J connectivity index is 2.13. The number of hydrogen-bond acceptors (Lipinski definition) is 2. The molecule has 0 aliphatic heterocycles. The van der Waals surface area contributed by atoms with E-state index in [9.17, 15) is 9.18 Å². The molecule has 0 aliphatic rings. The maximum atomic E-state index is 13.0. The molecule has 0 spiro atoms. The van der Waals surface area contributed by atoms with Crippen LogP contribution in [0.2, 0.25) is 0 Å². The van der Waals surface area contributed by atoms with E-state index in [1.54, 1.807) is 0 Å². The van der Waals surface area contributed by atoms with Crippen molar-refractivity contribution in [3.8, 4) is 12.3 Å². The van der Waals surface area contributed by atoms with E-state index in [1.165, 1.54) is 41.2 Å². The molecule has 2 aromatic carbocycles. The van der Waals surface area contributed by atoms with Gasteiger partial charge in [-0.1, -0.05) is 30.2 Å². The molecule has 1 aromatic heterocycles. The topological polar surface area (TPSA) is 34.4 Å². The molecule has 0 fully saturated rings. The second kappa shape index (κ2) is 6.81. The molecule has 3 rings (SSSR count). The number of hydrogen-bond donors (Lipinski definition) is 0. The Kier molecular flexibility index (Phi) is 4.59. The summed E-state index contributed by atoms with van der Waals surface area (Å²) in [6.45, 7) is 2.43. The zero-order valence-electron chi connectivity index (χ0n) is 13.1. The third-order valence-electron chi connectivity index (χ3n) is 3.69. The maximum Gasteiger partial charge on any atom is 0.279 e. The highest BCUT2D eigenvalue weighted by molar-refractivity contribution is 7.16. The van der Waals surface area contributed by atoms with Crippen LogP contribution in [0.3, 0.4) is 0 Å². The fraction of sp³-hybridized carbons (Fsp3) is 0.158. The molecule has 0 radical (unpaired) electrons. The van der Waals surface area contributed by atoms with Gasteiger partial charge in [-0.05, 0) is 48.4 Å². The van der Waals surface area contributed by atoms with Crippen LogP contribution in [0, 0.1) is 18.2 Å². The van der Waals surface area contributed by atoms with E-state index in [2.05, 4.69) is 23.9 Å². The van der Waals surface area contributed by atoms with Crippen molar-refractivity contribution < 1.29 is 9.18 Å². The van der Waals surface area contributed by atoms with Gasteiger partial charge >= 0.3 is 0 Å². The first-order valence-electron chi connectivity index (χ1n) is 7.52. The first-order chi connectivity index (χ1) is 11.6. The molecule has 0 bridgehead atoms. The summed E-state index contributed by atoms with van der Waals surface area (Å²) in [6, 6.07) is 11.5. The minimum atomic E-state index is -0.414. The molecular weight excluding hydrogens is 323 g/mol. The summed E-state index contributed by atoms with van der Waals surface area (Å²) in [5.41, 5.74) is 2.52. The van der Waals surface area contributed by atoms with Crippen LogP contribution in [0.1, 0.15) is 22.8 Å². The van der Waals surface area contributed by atoms with Crippen LogP contribution < -0.4 is 4.80 Å². The summed E-state index contributed by atoms with van der Waals surface area (Å²) in [5.74, 6) is 1.80. The first-order valence-corrected chi connectivity index (χ1v) is 8.34. The monoisotopic (exact) mass is 338 g/mol. The molecule has 3 nitrogen and oxygen atoms in total. The molecule has 5 heteroatoms. The van der Waals surface area contributed by atoms with Crippen LogP contribution in [0.25, 0.3) is 10.2 Å². The lowest BCUT2D eigenvalue weighted by atomic mass is 10.2. The van der Waals surface area contributed by atoms with Gasteiger partial charge in [0.25, 0.3) is 5.91 Å². The maximum absolute atomic E-state index is 13.0. The number of terminal acetylenes is 1. The number of benzene rings is 2. The molecule has 3 aromatic rings.